The molecule has 0 saturated heterocycles. The number of nitrogens with zero attached hydrogens (tertiary/aromatic N) is 1. The average molecular weight is 138 g/mol. The Balaban J connectivity index is 2.46. The van der Waals surface area contributed by atoms with Crippen molar-refractivity contribution in [3.05, 3.63) is 6.42 Å². The molecule has 1 unspecified atom stereocenters. The maximum absolute atomic E-state index is 11.5. The SMILES string of the molecule is FC(F)(F)C1[CH]C=NO1. The second-order valence-corrected chi connectivity index (χ2v) is 1.51. The minimum Gasteiger partial charge on any atom is -0.382 e. The van der Waals surface area contributed by atoms with Gasteiger partial charge in [0.1, 0.15) is 0 Å². The maximum Gasteiger partial charge on any atom is 0.428 e. The molecule has 2 nitrogen and oxygen atoms in total. The van der Waals surface area contributed by atoms with Gasteiger partial charge in [0.05, 0.1) is 12.6 Å². The van der Waals surface area contributed by atoms with Gasteiger partial charge in [-0.05, 0) is 0 Å². The lowest BCUT2D eigenvalue weighted by molar-refractivity contribution is -0.202. The highest BCUT2D eigenvalue weighted by Gasteiger charge is 2.43. The van der Waals surface area contributed by atoms with Crippen LogP contribution in [0.2, 0.25) is 0 Å². The molecule has 1 aliphatic heterocycles. The number of hydrogen-bond donors (Lipinski definition) is 0. The zero-order valence-electron chi connectivity index (χ0n) is 4.22. The summed E-state index contributed by atoms with van der Waals surface area (Å²) in [6.07, 6.45) is -4.33. The van der Waals surface area contributed by atoms with E-state index < -0.39 is 12.3 Å². The van der Waals surface area contributed by atoms with Crippen LogP contribution in [0.25, 0.3) is 0 Å². The number of rotatable bonds is 0. The molecule has 0 aliphatic carbocycles. The molecular formula is C4H3F3NO. The molecule has 0 aromatic carbocycles. The Bertz CT molecular complexity index is 122. The normalized spacial score (nSPS) is 26.3. The van der Waals surface area contributed by atoms with Crippen molar-refractivity contribution in [3.8, 4) is 0 Å². The largest absolute Gasteiger partial charge is 0.428 e. The van der Waals surface area contributed by atoms with Crippen molar-refractivity contribution in [3.63, 3.8) is 0 Å². The molecule has 0 N–H and O–H groups in total. The van der Waals surface area contributed by atoms with Crippen molar-refractivity contribution in [1.82, 2.24) is 0 Å². The van der Waals surface area contributed by atoms with Crippen LogP contribution in [0.1, 0.15) is 0 Å². The van der Waals surface area contributed by atoms with E-state index in [4.69, 9.17) is 0 Å². The highest BCUT2D eigenvalue weighted by atomic mass is 19.4. The Morgan fingerprint density at radius 2 is 2.11 bits per heavy atom. The lowest BCUT2D eigenvalue weighted by atomic mass is 10.3. The van der Waals surface area contributed by atoms with Crippen molar-refractivity contribution in [2.45, 2.75) is 12.3 Å². The lowest BCUT2D eigenvalue weighted by Crippen LogP contribution is -2.28. The van der Waals surface area contributed by atoms with Gasteiger partial charge in [-0.1, -0.05) is 5.16 Å². The maximum atomic E-state index is 11.5. The van der Waals surface area contributed by atoms with Crippen LogP contribution in [0.4, 0.5) is 13.2 Å². The summed E-state index contributed by atoms with van der Waals surface area (Å²) in [6, 6.07) is 0. The van der Waals surface area contributed by atoms with E-state index in [1.54, 1.807) is 0 Å². The van der Waals surface area contributed by atoms with Crippen LogP contribution >= 0.6 is 0 Å². The summed E-state index contributed by atoms with van der Waals surface area (Å²) in [5, 5.41) is 2.93. The zero-order chi connectivity index (χ0) is 6.91. The van der Waals surface area contributed by atoms with Crippen LogP contribution in [0.3, 0.4) is 0 Å². The van der Waals surface area contributed by atoms with Gasteiger partial charge in [0, 0.05) is 0 Å². The van der Waals surface area contributed by atoms with Crippen molar-refractivity contribution >= 4 is 6.21 Å². The molecule has 9 heavy (non-hydrogen) atoms. The van der Waals surface area contributed by atoms with E-state index in [2.05, 4.69) is 9.99 Å². The molecule has 0 spiro atoms. The first-order chi connectivity index (χ1) is 4.11. The van der Waals surface area contributed by atoms with Gasteiger partial charge in [0.2, 0.25) is 6.10 Å². The van der Waals surface area contributed by atoms with Crippen LogP contribution < -0.4 is 0 Å². The fraction of sp³-hybridized carbons (Fsp3) is 0.500. The Morgan fingerprint density at radius 3 is 2.33 bits per heavy atom. The number of hydrogen-bond acceptors (Lipinski definition) is 2. The van der Waals surface area contributed by atoms with Gasteiger partial charge in [-0.2, -0.15) is 13.2 Å². The molecule has 51 valence electrons. The topological polar surface area (TPSA) is 21.6 Å². The molecule has 0 bridgehead atoms. The summed E-state index contributed by atoms with van der Waals surface area (Å²) < 4.78 is 34.6. The van der Waals surface area contributed by atoms with Crippen molar-refractivity contribution < 1.29 is 18.0 Å². The highest BCUT2D eigenvalue weighted by Crippen LogP contribution is 2.26. The Kier molecular flexibility index (Phi) is 1.34. The van der Waals surface area contributed by atoms with E-state index >= 15 is 0 Å². The van der Waals surface area contributed by atoms with Crippen LogP contribution in [0.5, 0.6) is 0 Å². The first kappa shape index (κ1) is 6.38. The van der Waals surface area contributed by atoms with E-state index in [9.17, 15) is 13.2 Å². The van der Waals surface area contributed by atoms with Crippen LogP contribution in [-0.4, -0.2) is 18.5 Å². The standard InChI is InChI=1S/C4H3F3NO/c5-4(6,7)3-1-2-8-9-3/h1-3H. The van der Waals surface area contributed by atoms with Gasteiger partial charge in [-0.3, -0.25) is 0 Å². The van der Waals surface area contributed by atoms with Crippen LogP contribution in [-0.2, 0) is 4.84 Å². The summed E-state index contributed by atoms with van der Waals surface area (Å²) >= 11 is 0. The fourth-order valence-electron chi connectivity index (χ4n) is 0.418. The molecule has 1 aliphatic rings. The molecule has 1 rings (SSSR count). The van der Waals surface area contributed by atoms with Crippen LogP contribution in [0.15, 0.2) is 5.16 Å². The summed E-state index contributed by atoms with van der Waals surface area (Å²) in [5.41, 5.74) is 0. The van der Waals surface area contributed by atoms with E-state index in [-0.39, 0.29) is 0 Å². The van der Waals surface area contributed by atoms with E-state index in [0.29, 0.717) is 0 Å². The highest BCUT2D eigenvalue weighted by molar-refractivity contribution is 5.69. The van der Waals surface area contributed by atoms with E-state index in [1.807, 2.05) is 0 Å². The first-order valence-corrected chi connectivity index (χ1v) is 2.20. The second-order valence-electron chi connectivity index (χ2n) is 1.51. The van der Waals surface area contributed by atoms with E-state index in [1.165, 1.54) is 0 Å². The zero-order valence-corrected chi connectivity index (χ0v) is 4.22. The number of oxime groups is 1. The van der Waals surface area contributed by atoms with Gasteiger partial charge >= 0.3 is 6.18 Å². The molecule has 5 heteroatoms. The smallest absolute Gasteiger partial charge is 0.382 e. The van der Waals surface area contributed by atoms with E-state index in [0.717, 1.165) is 12.6 Å². The Morgan fingerprint density at radius 1 is 1.44 bits per heavy atom. The van der Waals surface area contributed by atoms with Crippen molar-refractivity contribution in [1.29, 1.82) is 0 Å². The van der Waals surface area contributed by atoms with Gasteiger partial charge < -0.3 is 4.84 Å². The number of halogens is 3. The van der Waals surface area contributed by atoms with Gasteiger partial charge in [0.25, 0.3) is 0 Å². The summed E-state index contributed by atoms with van der Waals surface area (Å²) in [4.78, 5) is 3.91. The van der Waals surface area contributed by atoms with Gasteiger partial charge in [-0.15, -0.1) is 0 Å². The molecule has 0 amide bonds. The number of alkyl halides is 3. The first-order valence-electron chi connectivity index (χ1n) is 2.20. The lowest BCUT2D eigenvalue weighted by Gasteiger charge is -2.10. The van der Waals surface area contributed by atoms with Crippen molar-refractivity contribution in [2.75, 3.05) is 0 Å². The predicted octanol–water partition coefficient (Wildman–Crippen LogP) is 1.14. The third kappa shape index (κ3) is 1.34. The minimum atomic E-state index is -4.32. The Labute approximate surface area is 49.3 Å². The summed E-state index contributed by atoms with van der Waals surface area (Å²) in [7, 11) is 0. The quantitative estimate of drug-likeness (QED) is 0.491. The molecule has 0 aromatic heterocycles. The molecule has 0 aromatic rings. The Hall–Kier alpha value is -0.740. The molecule has 1 heterocycles. The summed E-state index contributed by atoms with van der Waals surface area (Å²) in [5.74, 6) is 0. The molecule has 1 atom stereocenters. The average Bonchev–Trinajstić information content (AvgIpc) is 2.08. The molecule has 1 radical (unpaired) electrons. The fourth-order valence-corrected chi connectivity index (χ4v) is 0.418. The summed E-state index contributed by atoms with van der Waals surface area (Å²) in [6.45, 7) is 0. The van der Waals surface area contributed by atoms with Gasteiger partial charge in [-0.25, -0.2) is 0 Å². The third-order valence-corrected chi connectivity index (χ3v) is 0.819. The molecule has 0 fully saturated rings. The molecule has 0 saturated carbocycles. The minimum absolute atomic E-state index is 0.847. The monoisotopic (exact) mass is 138 g/mol. The third-order valence-electron chi connectivity index (χ3n) is 0.819. The van der Waals surface area contributed by atoms with Crippen LogP contribution in [0, 0.1) is 6.42 Å². The molecular weight excluding hydrogens is 135 g/mol. The van der Waals surface area contributed by atoms with Gasteiger partial charge in [0.15, 0.2) is 0 Å². The second kappa shape index (κ2) is 1.89. The van der Waals surface area contributed by atoms with Crippen molar-refractivity contribution in [2.24, 2.45) is 5.16 Å². The predicted molar refractivity (Wildman–Crippen MR) is 23.7 cm³/mol.